The summed E-state index contributed by atoms with van der Waals surface area (Å²) in [6.07, 6.45) is 0. The first-order valence-corrected chi connectivity index (χ1v) is 9.36. The van der Waals surface area contributed by atoms with E-state index in [4.69, 9.17) is 0 Å². The molecular formula is C26H21N. The molecule has 0 atom stereocenters. The molecule has 4 aromatic carbocycles. The van der Waals surface area contributed by atoms with E-state index in [2.05, 4.69) is 110 Å². The molecule has 0 aliphatic carbocycles. The zero-order chi connectivity index (χ0) is 18.4. The standard InChI is InChI=1S/C26H21N/c1-18-14-16-20(17-15-18)25-22-12-6-10-19-11-7-13-23(24(19)22)27(2)26(25)21-8-4-3-5-9-21/h3-17H,1-2H3. The van der Waals surface area contributed by atoms with Crippen molar-refractivity contribution >= 4 is 27.7 Å². The lowest BCUT2D eigenvalue weighted by molar-refractivity contribution is 1.22. The smallest absolute Gasteiger partial charge is 0.0567 e. The normalized spacial score (nSPS) is 13.3. The highest BCUT2D eigenvalue weighted by Gasteiger charge is 2.26. The molecule has 4 aromatic rings. The van der Waals surface area contributed by atoms with Crippen molar-refractivity contribution in [2.45, 2.75) is 6.92 Å². The van der Waals surface area contributed by atoms with Crippen LogP contribution < -0.4 is 4.90 Å². The first-order chi connectivity index (χ1) is 13.2. The largest absolute Gasteiger partial charge is 0.343 e. The minimum absolute atomic E-state index is 1.24. The van der Waals surface area contributed by atoms with Gasteiger partial charge in [-0.1, -0.05) is 90.5 Å². The molecule has 0 fully saturated rings. The molecule has 27 heavy (non-hydrogen) atoms. The van der Waals surface area contributed by atoms with E-state index in [1.165, 1.54) is 50.0 Å². The second kappa shape index (κ2) is 6.14. The summed E-state index contributed by atoms with van der Waals surface area (Å²) in [6.45, 7) is 2.14. The van der Waals surface area contributed by atoms with Gasteiger partial charge in [0.1, 0.15) is 0 Å². The lowest BCUT2D eigenvalue weighted by Crippen LogP contribution is -2.21. The Hall–Kier alpha value is -3.32. The topological polar surface area (TPSA) is 3.24 Å². The zero-order valence-electron chi connectivity index (χ0n) is 15.6. The molecule has 1 aliphatic rings. The molecule has 0 radical (unpaired) electrons. The van der Waals surface area contributed by atoms with Crippen molar-refractivity contribution in [3.63, 3.8) is 0 Å². The highest BCUT2D eigenvalue weighted by atomic mass is 15.1. The highest BCUT2D eigenvalue weighted by molar-refractivity contribution is 6.17. The van der Waals surface area contributed by atoms with Gasteiger partial charge in [-0.25, -0.2) is 0 Å². The summed E-state index contributed by atoms with van der Waals surface area (Å²) in [7, 11) is 2.18. The molecule has 130 valence electrons. The van der Waals surface area contributed by atoms with Gasteiger partial charge in [0, 0.05) is 23.7 Å². The maximum atomic E-state index is 2.35. The summed E-state index contributed by atoms with van der Waals surface area (Å²) >= 11 is 0. The van der Waals surface area contributed by atoms with Gasteiger partial charge in [0.05, 0.1) is 5.70 Å². The Morgan fingerprint density at radius 3 is 2.07 bits per heavy atom. The van der Waals surface area contributed by atoms with Gasteiger partial charge in [-0.2, -0.15) is 0 Å². The molecule has 0 N–H and O–H groups in total. The molecule has 0 saturated carbocycles. The third-order valence-electron chi connectivity index (χ3n) is 5.47. The average Bonchev–Trinajstić information content (AvgIpc) is 2.72. The van der Waals surface area contributed by atoms with E-state index < -0.39 is 0 Å². The molecule has 0 amide bonds. The molecule has 1 heteroatoms. The first-order valence-electron chi connectivity index (χ1n) is 9.36. The van der Waals surface area contributed by atoms with E-state index in [0.717, 1.165) is 0 Å². The summed E-state index contributed by atoms with van der Waals surface area (Å²) < 4.78 is 0. The van der Waals surface area contributed by atoms with Crippen LogP contribution in [0.1, 0.15) is 22.3 Å². The minimum atomic E-state index is 1.24. The van der Waals surface area contributed by atoms with Gasteiger partial charge in [-0.15, -0.1) is 0 Å². The summed E-state index contributed by atoms with van der Waals surface area (Å²) in [5.41, 5.74) is 8.90. The third kappa shape index (κ3) is 2.47. The molecule has 1 aliphatic heterocycles. The van der Waals surface area contributed by atoms with E-state index in [1.54, 1.807) is 0 Å². The Balaban J connectivity index is 1.92. The van der Waals surface area contributed by atoms with Crippen LogP contribution >= 0.6 is 0 Å². The van der Waals surface area contributed by atoms with Crippen molar-refractivity contribution in [3.8, 4) is 0 Å². The Morgan fingerprint density at radius 1 is 0.630 bits per heavy atom. The molecular weight excluding hydrogens is 326 g/mol. The van der Waals surface area contributed by atoms with Gasteiger partial charge in [-0.05, 0) is 35.1 Å². The molecule has 0 unspecified atom stereocenters. The van der Waals surface area contributed by atoms with Crippen molar-refractivity contribution < 1.29 is 0 Å². The van der Waals surface area contributed by atoms with E-state index in [-0.39, 0.29) is 0 Å². The van der Waals surface area contributed by atoms with Crippen molar-refractivity contribution in [2.24, 2.45) is 0 Å². The zero-order valence-corrected chi connectivity index (χ0v) is 15.6. The van der Waals surface area contributed by atoms with Gasteiger partial charge in [0.15, 0.2) is 0 Å². The van der Waals surface area contributed by atoms with Crippen LogP contribution in [-0.4, -0.2) is 7.05 Å². The highest BCUT2D eigenvalue weighted by Crippen LogP contribution is 2.46. The van der Waals surface area contributed by atoms with E-state index >= 15 is 0 Å². The van der Waals surface area contributed by atoms with Crippen molar-refractivity contribution in [1.29, 1.82) is 0 Å². The van der Waals surface area contributed by atoms with Gasteiger partial charge in [0.25, 0.3) is 0 Å². The average molecular weight is 347 g/mol. The fourth-order valence-corrected chi connectivity index (χ4v) is 4.17. The molecule has 5 rings (SSSR count). The number of nitrogens with zero attached hydrogens (tertiary/aromatic N) is 1. The predicted molar refractivity (Wildman–Crippen MR) is 116 cm³/mol. The van der Waals surface area contributed by atoms with Crippen LogP contribution in [0.15, 0.2) is 91.0 Å². The monoisotopic (exact) mass is 347 g/mol. The summed E-state index contributed by atoms with van der Waals surface area (Å²) in [4.78, 5) is 2.35. The fourth-order valence-electron chi connectivity index (χ4n) is 4.17. The van der Waals surface area contributed by atoms with Crippen LogP contribution in [-0.2, 0) is 0 Å². The van der Waals surface area contributed by atoms with Crippen molar-refractivity contribution in [1.82, 2.24) is 0 Å². The van der Waals surface area contributed by atoms with E-state index in [9.17, 15) is 0 Å². The second-order valence-electron chi connectivity index (χ2n) is 7.20. The maximum absolute atomic E-state index is 2.35. The Bertz CT molecular complexity index is 1160. The first kappa shape index (κ1) is 15.9. The number of benzene rings is 4. The Morgan fingerprint density at radius 2 is 1.33 bits per heavy atom. The lowest BCUT2D eigenvalue weighted by atomic mass is 9.85. The summed E-state index contributed by atoms with van der Waals surface area (Å²) in [5.74, 6) is 0. The van der Waals surface area contributed by atoms with Crippen LogP contribution in [0.4, 0.5) is 5.69 Å². The summed E-state index contributed by atoms with van der Waals surface area (Å²) in [5, 5.41) is 2.62. The SMILES string of the molecule is Cc1ccc(C2=C(c3ccccc3)N(C)c3cccc4cccc2c34)cc1. The summed E-state index contributed by atoms with van der Waals surface area (Å²) in [6, 6.07) is 32.8. The predicted octanol–water partition coefficient (Wildman–Crippen LogP) is 6.51. The van der Waals surface area contributed by atoms with Gasteiger partial charge < -0.3 is 4.90 Å². The molecule has 0 bridgehead atoms. The number of aryl methyl sites for hydroxylation is 1. The Kier molecular flexibility index (Phi) is 3.61. The molecule has 0 aromatic heterocycles. The lowest BCUT2D eigenvalue weighted by Gasteiger charge is -2.33. The third-order valence-corrected chi connectivity index (χ3v) is 5.47. The van der Waals surface area contributed by atoms with Crippen molar-refractivity contribution in [3.05, 3.63) is 113 Å². The minimum Gasteiger partial charge on any atom is -0.343 e. The molecule has 0 spiro atoms. The van der Waals surface area contributed by atoms with Crippen LogP contribution in [0.25, 0.3) is 22.0 Å². The van der Waals surface area contributed by atoms with Crippen LogP contribution in [0, 0.1) is 6.92 Å². The van der Waals surface area contributed by atoms with Crippen LogP contribution in [0.5, 0.6) is 0 Å². The second-order valence-corrected chi connectivity index (χ2v) is 7.20. The van der Waals surface area contributed by atoms with Gasteiger partial charge in [0.2, 0.25) is 0 Å². The van der Waals surface area contributed by atoms with Gasteiger partial charge in [-0.3, -0.25) is 0 Å². The maximum Gasteiger partial charge on any atom is 0.0567 e. The number of anilines is 1. The molecule has 1 nitrogen and oxygen atoms in total. The quantitative estimate of drug-likeness (QED) is 0.399. The van der Waals surface area contributed by atoms with Crippen LogP contribution in [0.2, 0.25) is 0 Å². The number of hydrogen-bond donors (Lipinski definition) is 0. The van der Waals surface area contributed by atoms with E-state index in [1.807, 2.05) is 0 Å². The Labute approximate surface area is 160 Å². The number of rotatable bonds is 2. The van der Waals surface area contributed by atoms with E-state index in [0.29, 0.717) is 0 Å². The number of hydrogen-bond acceptors (Lipinski definition) is 1. The van der Waals surface area contributed by atoms with Crippen molar-refractivity contribution in [2.75, 3.05) is 11.9 Å². The molecule has 0 saturated heterocycles. The fraction of sp³-hybridized carbons (Fsp3) is 0.0769. The van der Waals surface area contributed by atoms with Crippen LogP contribution in [0.3, 0.4) is 0 Å². The van der Waals surface area contributed by atoms with Gasteiger partial charge >= 0.3 is 0 Å². The molecule has 1 heterocycles.